The van der Waals surface area contributed by atoms with Gasteiger partial charge in [-0.2, -0.15) is 8.78 Å². The van der Waals surface area contributed by atoms with Crippen LogP contribution in [0.3, 0.4) is 0 Å². The van der Waals surface area contributed by atoms with Gasteiger partial charge in [0.05, 0.1) is 18.1 Å². The predicted molar refractivity (Wildman–Crippen MR) is 127 cm³/mol. The lowest BCUT2D eigenvalue weighted by molar-refractivity contribution is -0.117. The lowest BCUT2D eigenvalue weighted by Crippen LogP contribution is -2.41. The van der Waals surface area contributed by atoms with E-state index in [9.17, 15) is 22.8 Å². The topological polar surface area (TPSA) is 107 Å². The van der Waals surface area contributed by atoms with Crippen molar-refractivity contribution in [1.82, 2.24) is 15.1 Å². The summed E-state index contributed by atoms with van der Waals surface area (Å²) in [5.41, 5.74) is 1.05. The molecule has 2 aliphatic rings. The molecule has 2 aromatic heterocycles. The van der Waals surface area contributed by atoms with E-state index in [0.29, 0.717) is 35.6 Å². The van der Waals surface area contributed by atoms with Crippen LogP contribution < -0.4 is 20.7 Å². The van der Waals surface area contributed by atoms with Crippen LogP contribution in [-0.2, 0) is 29.4 Å². The minimum atomic E-state index is -2.99. The third kappa shape index (κ3) is 5.86. The Kier molecular flexibility index (Phi) is 7.50. The molecule has 0 aliphatic heterocycles. The average Bonchev–Trinajstić information content (AvgIpc) is 3.27. The number of ether oxygens (including phenoxy) is 2. The van der Waals surface area contributed by atoms with Gasteiger partial charge in [0.15, 0.2) is 5.11 Å². The fourth-order valence-electron chi connectivity index (χ4n) is 3.90. The van der Waals surface area contributed by atoms with E-state index >= 15 is 0 Å². The van der Waals surface area contributed by atoms with Gasteiger partial charge in [0.2, 0.25) is 11.8 Å². The highest BCUT2D eigenvalue weighted by Gasteiger charge is 2.44. The summed E-state index contributed by atoms with van der Waals surface area (Å²) in [4.78, 5) is 26.0. The molecule has 4 rings (SSSR count). The number of nitrogens with one attached hydrogen (secondary N) is 3. The number of carbonyl (C=O) groups is 2. The highest BCUT2D eigenvalue weighted by Crippen LogP contribution is 2.41. The Balaban J connectivity index is 1.45. The molecule has 2 aliphatic carbocycles. The number of anilines is 2. The molecular weight excluding hydrogens is 507 g/mol. The van der Waals surface area contributed by atoms with Crippen molar-refractivity contribution in [2.75, 3.05) is 17.2 Å². The maximum Gasteiger partial charge on any atom is 0.388 e. The molecule has 0 bridgehead atoms. The molecule has 3 atom stereocenters. The SMILES string of the molecule is CCOC(=O)c1c(NC(=O)[C@H]2C[C@@H]2F)sc2c1C[C@@H](NC(=S)Nc1cc(OC(F)F)nn1C)CC2. The van der Waals surface area contributed by atoms with Gasteiger partial charge in [-0.05, 0) is 50.4 Å². The first kappa shape index (κ1) is 25.2. The molecule has 2 heterocycles. The van der Waals surface area contributed by atoms with Crippen molar-refractivity contribution in [3.63, 3.8) is 0 Å². The largest absolute Gasteiger partial charge is 0.462 e. The lowest BCUT2D eigenvalue weighted by Gasteiger charge is -2.25. The van der Waals surface area contributed by atoms with Crippen LogP contribution in [0.5, 0.6) is 5.88 Å². The second-order valence-electron chi connectivity index (χ2n) is 8.18. The van der Waals surface area contributed by atoms with Crippen molar-refractivity contribution in [2.24, 2.45) is 13.0 Å². The zero-order valence-electron chi connectivity index (χ0n) is 18.9. The fourth-order valence-corrected chi connectivity index (χ4v) is 5.41. The summed E-state index contributed by atoms with van der Waals surface area (Å²) in [6.07, 6.45) is 0.822. The number of aryl methyl sites for hydroxylation is 2. The van der Waals surface area contributed by atoms with Crippen LogP contribution in [0.2, 0.25) is 0 Å². The summed E-state index contributed by atoms with van der Waals surface area (Å²) in [7, 11) is 1.55. The molecule has 0 spiro atoms. The molecule has 0 radical (unpaired) electrons. The molecule has 0 unspecified atom stereocenters. The van der Waals surface area contributed by atoms with Gasteiger partial charge in [0.25, 0.3) is 0 Å². The van der Waals surface area contributed by atoms with E-state index in [1.54, 1.807) is 14.0 Å². The Hall–Kier alpha value is -2.87. The van der Waals surface area contributed by atoms with Gasteiger partial charge in [-0.25, -0.2) is 13.9 Å². The van der Waals surface area contributed by atoms with Crippen LogP contribution in [-0.4, -0.2) is 52.2 Å². The molecule has 35 heavy (non-hydrogen) atoms. The summed E-state index contributed by atoms with van der Waals surface area (Å²) >= 11 is 6.68. The molecule has 1 saturated carbocycles. The molecular formula is C21H24F3N5O4S2. The van der Waals surface area contributed by atoms with Gasteiger partial charge in [0.1, 0.15) is 17.0 Å². The summed E-state index contributed by atoms with van der Waals surface area (Å²) < 4.78 is 49.0. The van der Waals surface area contributed by atoms with Crippen molar-refractivity contribution >= 4 is 51.4 Å². The number of aromatic nitrogens is 2. The Morgan fingerprint density at radius 2 is 2.11 bits per heavy atom. The number of fused-ring (bicyclic) bond motifs is 1. The molecule has 190 valence electrons. The Morgan fingerprint density at radius 1 is 1.37 bits per heavy atom. The first-order chi connectivity index (χ1) is 16.7. The van der Waals surface area contributed by atoms with Crippen LogP contribution in [0.15, 0.2) is 6.07 Å². The van der Waals surface area contributed by atoms with Crippen LogP contribution in [0, 0.1) is 5.92 Å². The number of esters is 1. The van der Waals surface area contributed by atoms with Gasteiger partial charge in [-0.3, -0.25) is 4.79 Å². The van der Waals surface area contributed by atoms with Crippen molar-refractivity contribution in [2.45, 2.75) is 51.4 Å². The predicted octanol–water partition coefficient (Wildman–Crippen LogP) is 3.40. The number of rotatable bonds is 8. The van der Waals surface area contributed by atoms with Crippen molar-refractivity contribution < 1.29 is 32.2 Å². The lowest BCUT2D eigenvalue weighted by atomic mass is 9.91. The van der Waals surface area contributed by atoms with Crippen LogP contribution in [0.1, 0.15) is 40.6 Å². The Bertz CT molecular complexity index is 1140. The second-order valence-corrected chi connectivity index (χ2v) is 9.70. The zero-order chi connectivity index (χ0) is 25.3. The summed E-state index contributed by atoms with van der Waals surface area (Å²) in [6.45, 7) is -1.13. The van der Waals surface area contributed by atoms with Crippen molar-refractivity contribution in [3.05, 3.63) is 22.1 Å². The van der Waals surface area contributed by atoms with E-state index in [2.05, 4.69) is 25.8 Å². The number of nitrogens with zero attached hydrogens (tertiary/aromatic N) is 2. The highest BCUT2D eigenvalue weighted by molar-refractivity contribution is 7.80. The Labute approximate surface area is 208 Å². The first-order valence-electron chi connectivity index (χ1n) is 11.0. The molecule has 9 nitrogen and oxygen atoms in total. The third-order valence-corrected chi connectivity index (χ3v) is 7.10. The normalized spacial score (nSPS) is 20.7. The average molecular weight is 532 g/mol. The standard InChI is InChI=1S/C21H24F3N5O4S2/c1-3-32-19(31)16-11-6-9(4-5-13(11)35-18(16)27-17(30)10-7-12(10)22)25-21(34)26-14-8-15(28-29(14)2)33-20(23)24/h8-10,12,20H,3-7H2,1-2H3,(H,27,30)(H2,25,26,34)/t9-,10-,12-/m0/s1. The molecule has 0 aromatic carbocycles. The van der Waals surface area contributed by atoms with E-state index in [4.69, 9.17) is 17.0 Å². The maximum atomic E-state index is 13.3. The highest BCUT2D eigenvalue weighted by atomic mass is 32.1. The number of hydrogen-bond donors (Lipinski definition) is 3. The smallest absolute Gasteiger partial charge is 0.388 e. The Morgan fingerprint density at radius 3 is 2.77 bits per heavy atom. The molecule has 3 N–H and O–H groups in total. The number of alkyl halides is 3. The van der Waals surface area contributed by atoms with Crippen molar-refractivity contribution in [1.29, 1.82) is 0 Å². The maximum absolute atomic E-state index is 13.3. The number of thiocarbonyl (C=S) groups is 1. The van der Waals surface area contributed by atoms with E-state index in [1.807, 2.05) is 0 Å². The fraction of sp³-hybridized carbons (Fsp3) is 0.524. The molecule has 1 fully saturated rings. The zero-order valence-corrected chi connectivity index (χ0v) is 20.5. The molecule has 14 heteroatoms. The van der Waals surface area contributed by atoms with Crippen molar-refractivity contribution in [3.8, 4) is 5.88 Å². The van der Waals surface area contributed by atoms with Crippen LogP contribution >= 0.6 is 23.6 Å². The minimum absolute atomic E-state index is 0.141. The van der Waals surface area contributed by atoms with E-state index < -0.39 is 30.6 Å². The second kappa shape index (κ2) is 10.4. The van der Waals surface area contributed by atoms with Gasteiger partial charge in [-0.15, -0.1) is 16.4 Å². The number of carbonyl (C=O) groups excluding carboxylic acids is 2. The van der Waals surface area contributed by atoms with Gasteiger partial charge >= 0.3 is 12.6 Å². The molecule has 2 aromatic rings. The van der Waals surface area contributed by atoms with E-state index in [-0.39, 0.29) is 30.1 Å². The molecule has 0 saturated heterocycles. The monoisotopic (exact) mass is 531 g/mol. The van der Waals surface area contributed by atoms with Gasteiger partial charge in [0, 0.05) is 24.0 Å². The quantitative estimate of drug-likeness (QED) is 0.352. The molecule has 1 amide bonds. The number of hydrogen-bond acceptors (Lipinski definition) is 7. The number of thiophene rings is 1. The van der Waals surface area contributed by atoms with Crippen LogP contribution in [0.25, 0.3) is 0 Å². The first-order valence-corrected chi connectivity index (χ1v) is 12.2. The van der Waals surface area contributed by atoms with Gasteiger partial charge < -0.3 is 25.4 Å². The summed E-state index contributed by atoms with van der Waals surface area (Å²) in [5, 5.41) is 13.2. The van der Waals surface area contributed by atoms with E-state index in [0.717, 1.165) is 10.4 Å². The summed E-state index contributed by atoms with van der Waals surface area (Å²) in [6, 6.07) is 1.16. The van der Waals surface area contributed by atoms with E-state index in [1.165, 1.54) is 22.1 Å². The van der Waals surface area contributed by atoms with Crippen LogP contribution in [0.4, 0.5) is 24.0 Å². The third-order valence-electron chi connectivity index (χ3n) is 5.67. The minimum Gasteiger partial charge on any atom is -0.462 e. The number of amides is 1. The summed E-state index contributed by atoms with van der Waals surface area (Å²) in [5.74, 6) is -1.55. The van der Waals surface area contributed by atoms with Gasteiger partial charge in [-0.1, -0.05) is 0 Å². The number of halogens is 3.